The number of rotatable bonds is 3. The lowest BCUT2D eigenvalue weighted by Gasteiger charge is -2.33. The molecule has 0 bridgehead atoms. The SMILES string of the molecule is CC(C)n1ccnc1[C@@H]1CCCN(C(=O)c2cc3ccccc3cc2O)C1. The predicted molar refractivity (Wildman–Crippen MR) is 106 cm³/mol. The van der Waals surface area contributed by atoms with Crippen molar-refractivity contribution in [3.8, 4) is 5.75 Å². The van der Waals surface area contributed by atoms with Crippen LogP contribution in [0.2, 0.25) is 0 Å². The van der Waals surface area contributed by atoms with Crippen molar-refractivity contribution in [2.45, 2.75) is 38.6 Å². The molecule has 1 aromatic heterocycles. The molecule has 27 heavy (non-hydrogen) atoms. The Kier molecular flexibility index (Phi) is 4.60. The second-order valence-electron chi connectivity index (χ2n) is 7.59. The van der Waals surface area contributed by atoms with Crippen molar-refractivity contribution in [1.29, 1.82) is 0 Å². The largest absolute Gasteiger partial charge is 0.507 e. The minimum absolute atomic E-state index is 0.0458. The number of nitrogens with zero attached hydrogens (tertiary/aromatic N) is 3. The highest BCUT2D eigenvalue weighted by molar-refractivity contribution is 6.01. The van der Waals surface area contributed by atoms with Gasteiger partial charge in [-0.3, -0.25) is 4.79 Å². The molecule has 1 amide bonds. The third kappa shape index (κ3) is 3.29. The lowest BCUT2D eigenvalue weighted by atomic mass is 9.95. The average molecular weight is 363 g/mol. The van der Waals surface area contributed by atoms with Crippen molar-refractivity contribution < 1.29 is 9.90 Å². The first-order chi connectivity index (χ1) is 13.0. The normalized spacial score (nSPS) is 17.6. The summed E-state index contributed by atoms with van der Waals surface area (Å²) in [5.41, 5.74) is 0.376. The summed E-state index contributed by atoms with van der Waals surface area (Å²) in [5, 5.41) is 12.3. The van der Waals surface area contributed by atoms with E-state index in [1.165, 1.54) is 0 Å². The van der Waals surface area contributed by atoms with Gasteiger partial charge in [-0.2, -0.15) is 0 Å². The molecule has 1 N–H and O–H groups in total. The zero-order chi connectivity index (χ0) is 19.0. The smallest absolute Gasteiger partial charge is 0.257 e. The minimum atomic E-state index is -0.106. The molecule has 1 fully saturated rings. The number of piperidine rings is 1. The highest BCUT2D eigenvalue weighted by Crippen LogP contribution is 2.31. The van der Waals surface area contributed by atoms with Crippen molar-refractivity contribution in [2.75, 3.05) is 13.1 Å². The molecule has 140 valence electrons. The van der Waals surface area contributed by atoms with Crippen LogP contribution in [0.1, 0.15) is 54.8 Å². The number of fused-ring (bicyclic) bond motifs is 1. The Morgan fingerprint density at radius 3 is 2.70 bits per heavy atom. The number of carbonyl (C=O) groups excluding carboxylic acids is 1. The maximum absolute atomic E-state index is 13.1. The third-order valence-corrected chi connectivity index (χ3v) is 5.42. The number of phenolic OH excluding ortho intramolecular Hbond substituents is 1. The molecule has 0 radical (unpaired) electrons. The summed E-state index contributed by atoms with van der Waals surface area (Å²) in [6, 6.07) is 11.6. The van der Waals surface area contributed by atoms with Crippen LogP contribution in [-0.4, -0.2) is 38.6 Å². The zero-order valence-electron chi connectivity index (χ0n) is 15.8. The van der Waals surface area contributed by atoms with Gasteiger partial charge in [-0.25, -0.2) is 4.98 Å². The van der Waals surface area contributed by atoms with Gasteiger partial charge < -0.3 is 14.6 Å². The van der Waals surface area contributed by atoms with Gasteiger partial charge in [-0.05, 0) is 49.6 Å². The Balaban J connectivity index is 1.60. The van der Waals surface area contributed by atoms with Crippen LogP contribution in [0, 0.1) is 0 Å². The second kappa shape index (κ2) is 7.06. The second-order valence-corrected chi connectivity index (χ2v) is 7.59. The number of likely N-dealkylation sites (tertiary alicyclic amines) is 1. The van der Waals surface area contributed by atoms with Crippen LogP contribution in [0.3, 0.4) is 0 Å². The van der Waals surface area contributed by atoms with E-state index >= 15 is 0 Å². The van der Waals surface area contributed by atoms with E-state index in [0.717, 1.165) is 29.4 Å². The summed E-state index contributed by atoms with van der Waals surface area (Å²) in [6.45, 7) is 5.63. The van der Waals surface area contributed by atoms with Gasteiger partial charge in [0.15, 0.2) is 0 Å². The summed E-state index contributed by atoms with van der Waals surface area (Å²) in [4.78, 5) is 19.6. The number of hydrogen-bond acceptors (Lipinski definition) is 3. The van der Waals surface area contributed by atoms with Crippen LogP contribution in [0.15, 0.2) is 48.8 Å². The Bertz CT molecular complexity index is 977. The number of aromatic hydroxyl groups is 1. The average Bonchev–Trinajstić information content (AvgIpc) is 3.17. The van der Waals surface area contributed by atoms with Crippen LogP contribution in [0.5, 0.6) is 5.75 Å². The minimum Gasteiger partial charge on any atom is -0.507 e. The fourth-order valence-corrected chi connectivity index (χ4v) is 4.02. The van der Waals surface area contributed by atoms with E-state index in [9.17, 15) is 9.90 Å². The highest BCUT2D eigenvalue weighted by Gasteiger charge is 2.29. The van der Waals surface area contributed by atoms with Crippen LogP contribution in [0.4, 0.5) is 0 Å². The topological polar surface area (TPSA) is 58.4 Å². The van der Waals surface area contributed by atoms with E-state index in [4.69, 9.17) is 0 Å². The zero-order valence-corrected chi connectivity index (χ0v) is 15.8. The van der Waals surface area contributed by atoms with Gasteiger partial charge >= 0.3 is 0 Å². The predicted octanol–water partition coefficient (Wildman–Crippen LogP) is 4.34. The molecule has 5 heteroatoms. The monoisotopic (exact) mass is 363 g/mol. The van der Waals surface area contributed by atoms with Crippen molar-refractivity contribution in [2.24, 2.45) is 0 Å². The van der Waals surface area contributed by atoms with Crippen LogP contribution in [-0.2, 0) is 0 Å². The van der Waals surface area contributed by atoms with Crippen molar-refractivity contribution in [3.05, 3.63) is 60.2 Å². The van der Waals surface area contributed by atoms with Gasteiger partial charge in [0.25, 0.3) is 5.91 Å². The van der Waals surface area contributed by atoms with E-state index < -0.39 is 0 Å². The Labute approximate surface area is 159 Å². The molecule has 0 spiro atoms. The molecule has 3 aromatic rings. The molecule has 4 rings (SSSR count). The maximum Gasteiger partial charge on any atom is 0.257 e. The molecule has 1 saturated heterocycles. The number of benzene rings is 2. The fourth-order valence-electron chi connectivity index (χ4n) is 4.02. The standard InChI is InChI=1S/C22H25N3O2/c1-15(2)25-11-9-23-21(25)18-8-5-10-24(14-18)22(27)19-12-16-6-3-4-7-17(16)13-20(19)26/h3-4,6-7,9,11-13,15,18,26H,5,8,10,14H2,1-2H3/t18-/m1/s1. The van der Waals surface area contributed by atoms with Crippen molar-refractivity contribution in [1.82, 2.24) is 14.5 Å². The van der Waals surface area contributed by atoms with E-state index in [-0.39, 0.29) is 17.6 Å². The van der Waals surface area contributed by atoms with E-state index in [1.54, 1.807) is 12.1 Å². The van der Waals surface area contributed by atoms with Crippen LogP contribution < -0.4 is 0 Å². The van der Waals surface area contributed by atoms with E-state index in [0.29, 0.717) is 24.7 Å². The molecule has 0 aliphatic carbocycles. The summed E-state index contributed by atoms with van der Waals surface area (Å²) in [6.07, 6.45) is 5.81. The molecular formula is C22H25N3O2. The number of hydrogen-bond donors (Lipinski definition) is 1. The van der Waals surface area contributed by atoms with E-state index in [2.05, 4.69) is 23.4 Å². The lowest BCUT2D eigenvalue weighted by Crippen LogP contribution is -2.39. The number of aromatic nitrogens is 2. The number of carbonyl (C=O) groups is 1. The fraction of sp³-hybridized carbons (Fsp3) is 0.364. The molecule has 0 unspecified atom stereocenters. The molecule has 1 aliphatic rings. The van der Waals surface area contributed by atoms with Crippen molar-refractivity contribution in [3.63, 3.8) is 0 Å². The Morgan fingerprint density at radius 2 is 1.96 bits per heavy atom. The third-order valence-electron chi connectivity index (χ3n) is 5.42. The molecule has 5 nitrogen and oxygen atoms in total. The molecule has 1 atom stereocenters. The first-order valence-electron chi connectivity index (χ1n) is 9.58. The summed E-state index contributed by atoms with van der Waals surface area (Å²) in [7, 11) is 0. The number of imidazole rings is 1. The first kappa shape index (κ1) is 17.6. The van der Waals surface area contributed by atoms with Crippen LogP contribution >= 0.6 is 0 Å². The highest BCUT2D eigenvalue weighted by atomic mass is 16.3. The van der Waals surface area contributed by atoms with Gasteiger partial charge in [0.1, 0.15) is 11.6 Å². The lowest BCUT2D eigenvalue weighted by molar-refractivity contribution is 0.0700. The molecule has 1 aliphatic heterocycles. The van der Waals surface area contributed by atoms with E-state index in [1.807, 2.05) is 41.6 Å². The molecule has 2 aromatic carbocycles. The van der Waals surface area contributed by atoms with Crippen molar-refractivity contribution >= 4 is 16.7 Å². The summed E-state index contributed by atoms with van der Waals surface area (Å²) >= 11 is 0. The number of amides is 1. The summed E-state index contributed by atoms with van der Waals surface area (Å²) in [5.74, 6) is 1.21. The number of phenols is 1. The Morgan fingerprint density at radius 1 is 1.22 bits per heavy atom. The van der Waals surface area contributed by atoms with Gasteiger partial charge in [0.2, 0.25) is 0 Å². The van der Waals surface area contributed by atoms with Gasteiger partial charge in [-0.1, -0.05) is 24.3 Å². The van der Waals surface area contributed by atoms with Gasteiger partial charge in [-0.15, -0.1) is 0 Å². The quantitative estimate of drug-likeness (QED) is 0.753. The first-order valence-corrected chi connectivity index (χ1v) is 9.58. The summed E-state index contributed by atoms with van der Waals surface area (Å²) < 4.78 is 2.19. The Hall–Kier alpha value is -2.82. The maximum atomic E-state index is 13.1. The molecule has 2 heterocycles. The molecular weight excluding hydrogens is 338 g/mol. The molecule has 0 saturated carbocycles. The van der Waals surface area contributed by atoms with Crippen LogP contribution in [0.25, 0.3) is 10.8 Å². The van der Waals surface area contributed by atoms with Gasteiger partial charge in [0.05, 0.1) is 5.56 Å². The van der Waals surface area contributed by atoms with Gasteiger partial charge in [0, 0.05) is 37.4 Å².